The predicted molar refractivity (Wildman–Crippen MR) is 210 cm³/mol. The van der Waals surface area contributed by atoms with Crippen molar-refractivity contribution in [3.8, 4) is 44.5 Å². The second kappa shape index (κ2) is 9.61. The monoisotopic (exact) mass is 621 g/mol. The van der Waals surface area contributed by atoms with Crippen LogP contribution >= 0.6 is 0 Å². The van der Waals surface area contributed by atoms with Crippen LogP contribution in [0, 0.1) is 20.8 Å². The molecule has 0 aliphatic carbocycles. The summed E-state index contributed by atoms with van der Waals surface area (Å²) in [6, 6.07) is 52.7. The van der Waals surface area contributed by atoms with E-state index in [1.165, 1.54) is 116 Å². The standard InChI is InChI=1S/C47H32BN/c1-27-23-28(2)47(29(3)24-27)49-40-21-19-33-11-7-13-36-38-25-35(32-17-15-31(16-18-32)30-9-5-4-6-10-30)26-39-37-14-8-12-34-20-22-41(49)46(43(34)37)48(44(38)39)45(40)42(33)36/h4-26H,1-3H3. The molecule has 0 N–H and O–H groups in total. The Balaban J connectivity index is 1.25. The van der Waals surface area contributed by atoms with Gasteiger partial charge in [-0.2, -0.15) is 0 Å². The summed E-state index contributed by atoms with van der Waals surface area (Å²) in [5, 5.41) is 5.42. The minimum absolute atomic E-state index is 0.170. The molecule has 0 saturated carbocycles. The van der Waals surface area contributed by atoms with E-state index < -0.39 is 0 Å². The minimum Gasteiger partial charge on any atom is -0.311 e. The highest BCUT2D eigenvalue weighted by molar-refractivity contribution is 7.03. The quantitative estimate of drug-likeness (QED) is 0.178. The highest BCUT2D eigenvalue weighted by atomic mass is 15.2. The third kappa shape index (κ3) is 3.56. The van der Waals surface area contributed by atoms with E-state index >= 15 is 0 Å². The zero-order valence-electron chi connectivity index (χ0n) is 27.8. The summed E-state index contributed by atoms with van der Waals surface area (Å²) in [4.78, 5) is 2.59. The van der Waals surface area contributed by atoms with Crippen LogP contribution in [0.1, 0.15) is 16.7 Å². The average molecular weight is 622 g/mol. The van der Waals surface area contributed by atoms with Crippen molar-refractivity contribution < 1.29 is 0 Å². The van der Waals surface area contributed by atoms with E-state index in [0.29, 0.717) is 0 Å². The van der Waals surface area contributed by atoms with Crippen molar-refractivity contribution in [2.45, 2.75) is 20.8 Å². The van der Waals surface area contributed by atoms with Crippen LogP contribution in [0.2, 0.25) is 0 Å². The number of rotatable bonds is 3. The number of nitrogens with zero attached hydrogens (tertiary/aromatic N) is 1. The van der Waals surface area contributed by atoms with Gasteiger partial charge in [-0.15, -0.1) is 0 Å². The highest BCUT2D eigenvalue weighted by Gasteiger charge is 2.46. The van der Waals surface area contributed by atoms with E-state index in [2.05, 4.69) is 165 Å². The molecule has 49 heavy (non-hydrogen) atoms. The average Bonchev–Trinajstić information content (AvgIpc) is 3.13. The van der Waals surface area contributed by atoms with E-state index in [1.807, 2.05) is 0 Å². The van der Waals surface area contributed by atoms with Gasteiger partial charge in [0.15, 0.2) is 0 Å². The first kappa shape index (κ1) is 27.1. The Morgan fingerprint density at radius 2 is 0.918 bits per heavy atom. The fourth-order valence-corrected chi connectivity index (χ4v) is 9.61. The van der Waals surface area contributed by atoms with Crippen LogP contribution in [-0.2, 0) is 0 Å². The zero-order valence-corrected chi connectivity index (χ0v) is 27.8. The first-order valence-electron chi connectivity index (χ1n) is 17.4. The third-order valence-corrected chi connectivity index (χ3v) is 11.4. The van der Waals surface area contributed by atoms with Crippen LogP contribution in [0.25, 0.3) is 66.1 Å². The van der Waals surface area contributed by atoms with E-state index in [0.717, 1.165) is 0 Å². The molecule has 0 aromatic heterocycles. The lowest BCUT2D eigenvalue weighted by atomic mass is 9.29. The lowest BCUT2D eigenvalue weighted by Gasteiger charge is -2.44. The molecule has 1 nitrogen and oxygen atoms in total. The molecule has 0 atom stereocenters. The van der Waals surface area contributed by atoms with E-state index in [4.69, 9.17) is 0 Å². The number of benzene rings is 8. The molecular weight excluding hydrogens is 589 g/mol. The van der Waals surface area contributed by atoms with Crippen LogP contribution < -0.4 is 21.3 Å². The minimum atomic E-state index is 0.170. The van der Waals surface area contributed by atoms with Gasteiger partial charge in [0.05, 0.1) is 5.69 Å². The van der Waals surface area contributed by atoms with Crippen molar-refractivity contribution >= 4 is 61.7 Å². The first-order chi connectivity index (χ1) is 24.0. The van der Waals surface area contributed by atoms with Crippen molar-refractivity contribution in [1.82, 2.24) is 0 Å². The Hall–Kier alpha value is -5.86. The molecule has 2 heteroatoms. The molecule has 8 aromatic carbocycles. The fraction of sp³-hybridized carbons (Fsp3) is 0.0638. The normalized spacial score (nSPS) is 13.1. The van der Waals surface area contributed by atoms with Crippen LogP contribution in [0.5, 0.6) is 0 Å². The fourth-order valence-electron chi connectivity index (χ4n) is 9.61. The topological polar surface area (TPSA) is 3.24 Å². The molecular formula is C47H32BN. The highest BCUT2D eigenvalue weighted by Crippen LogP contribution is 2.49. The maximum absolute atomic E-state index is 2.59. The second-order valence-electron chi connectivity index (χ2n) is 14.2. The Morgan fingerprint density at radius 1 is 0.408 bits per heavy atom. The molecule has 0 spiro atoms. The molecule has 8 aromatic rings. The summed E-state index contributed by atoms with van der Waals surface area (Å²) >= 11 is 0. The van der Waals surface area contributed by atoms with Gasteiger partial charge in [-0.1, -0.05) is 126 Å². The van der Waals surface area contributed by atoms with Gasteiger partial charge in [-0.05, 0) is 133 Å². The molecule has 0 fully saturated rings. The van der Waals surface area contributed by atoms with Gasteiger partial charge < -0.3 is 4.90 Å². The molecule has 11 rings (SSSR count). The molecule has 0 radical (unpaired) electrons. The van der Waals surface area contributed by atoms with Gasteiger partial charge in [-0.3, -0.25) is 0 Å². The third-order valence-electron chi connectivity index (χ3n) is 11.4. The number of anilines is 3. The van der Waals surface area contributed by atoms with E-state index in [-0.39, 0.29) is 6.71 Å². The van der Waals surface area contributed by atoms with Crippen molar-refractivity contribution in [2.24, 2.45) is 0 Å². The summed E-state index contributed by atoms with van der Waals surface area (Å²) in [6.07, 6.45) is 0. The number of hydrogen-bond acceptors (Lipinski definition) is 1. The van der Waals surface area contributed by atoms with Crippen LogP contribution in [-0.4, -0.2) is 6.71 Å². The summed E-state index contributed by atoms with van der Waals surface area (Å²) in [5.74, 6) is 0. The maximum Gasteiger partial charge on any atom is 0.249 e. The Morgan fingerprint density at radius 3 is 1.47 bits per heavy atom. The van der Waals surface area contributed by atoms with Crippen LogP contribution in [0.15, 0.2) is 140 Å². The lowest BCUT2D eigenvalue weighted by Crippen LogP contribution is -2.61. The molecule has 0 saturated heterocycles. The van der Waals surface area contributed by atoms with E-state index in [9.17, 15) is 0 Å². The predicted octanol–water partition coefficient (Wildman–Crippen LogP) is 10.5. The van der Waals surface area contributed by atoms with Crippen molar-refractivity contribution in [1.29, 1.82) is 0 Å². The van der Waals surface area contributed by atoms with E-state index in [1.54, 1.807) is 0 Å². The second-order valence-corrected chi connectivity index (χ2v) is 14.2. The molecule has 3 aliphatic rings. The SMILES string of the molecule is Cc1cc(C)c(N2c3ccc4cccc5c4c3B3c4c-5cc(-c5ccc(-c6ccccc6)cc5)cc4-c4cccc5ccc2c3c45)c(C)c1. The van der Waals surface area contributed by atoms with Gasteiger partial charge in [-0.25, -0.2) is 0 Å². The van der Waals surface area contributed by atoms with Gasteiger partial charge in [0.1, 0.15) is 0 Å². The van der Waals surface area contributed by atoms with Crippen LogP contribution in [0.3, 0.4) is 0 Å². The largest absolute Gasteiger partial charge is 0.311 e. The van der Waals surface area contributed by atoms with Crippen molar-refractivity contribution in [2.75, 3.05) is 4.90 Å². The Kier molecular flexibility index (Phi) is 5.32. The maximum atomic E-state index is 2.59. The Labute approximate surface area is 287 Å². The molecule has 3 aliphatic heterocycles. The summed E-state index contributed by atoms with van der Waals surface area (Å²) in [6.45, 7) is 6.93. The molecule has 3 heterocycles. The smallest absolute Gasteiger partial charge is 0.249 e. The number of hydrogen-bond donors (Lipinski definition) is 0. The number of aryl methyl sites for hydroxylation is 3. The summed E-state index contributed by atoms with van der Waals surface area (Å²) in [5.41, 5.74) is 22.7. The molecule has 0 unspecified atom stereocenters. The van der Waals surface area contributed by atoms with Gasteiger partial charge >= 0.3 is 0 Å². The van der Waals surface area contributed by atoms with Crippen LogP contribution in [0.4, 0.5) is 17.1 Å². The zero-order chi connectivity index (χ0) is 32.5. The molecule has 0 bridgehead atoms. The van der Waals surface area contributed by atoms with Gasteiger partial charge in [0.25, 0.3) is 0 Å². The van der Waals surface area contributed by atoms with Gasteiger partial charge in [0.2, 0.25) is 6.71 Å². The van der Waals surface area contributed by atoms with Crippen molar-refractivity contribution in [3.63, 3.8) is 0 Å². The van der Waals surface area contributed by atoms with Crippen molar-refractivity contribution in [3.05, 3.63) is 156 Å². The summed E-state index contributed by atoms with van der Waals surface area (Å²) in [7, 11) is 0. The molecule has 228 valence electrons. The van der Waals surface area contributed by atoms with Gasteiger partial charge in [0, 0.05) is 11.4 Å². The summed E-state index contributed by atoms with van der Waals surface area (Å²) < 4.78 is 0. The molecule has 0 amide bonds. The first-order valence-corrected chi connectivity index (χ1v) is 17.4. The number of fused-ring (bicyclic) bond motifs is 2. The lowest BCUT2D eigenvalue weighted by molar-refractivity contribution is 1.21. The Bertz CT molecular complexity index is 2600.